The smallest absolute Gasteiger partial charge is 0.123 e. The molecule has 1 atom stereocenters. The van der Waals surface area contributed by atoms with Crippen molar-refractivity contribution in [3.05, 3.63) is 29.8 Å². The summed E-state index contributed by atoms with van der Waals surface area (Å²) in [4.78, 5) is 10.5. The second-order valence-electron chi connectivity index (χ2n) is 4.28. The standard InChI is InChI=1S/C13H16O2/c1-10(9-14)8-11-2-4-12(5-3-11)15-13-6-7-13/h2-5,9-10,13H,6-8H2,1H3. The van der Waals surface area contributed by atoms with Crippen molar-refractivity contribution < 1.29 is 9.53 Å². The molecule has 1 unspecified atom stereocenters. The van der Waals surface area contributed by atoms with Crippen molar-refractivity contribution >= 4 is 6.29 Å². The zero-order valence-electron chi connectivity index (χ0n) is 8.98. The molecule has 15 heavy (non-hydrogen) atoms. The van der Waals surface area contributed by atoms with Crippen LogP contribution in [0.4, 0.5) is 0 Å². The number of carbonyl (C=O) groups excluding carboxylic acids is 1. The van der Waals surface area contributed by atoms with E-state index in [0.717, 1.165) is 18.5 Å². The van der Waals surface area contributed by atoms with Crippen LogP contribution in [0, 0.1) is 5.92 Å². The van der Waals surface area contributed by atoms with Gasteiger partial charge in [0.05, 0.1) is 6.10 Å². The van der Waals surface area contributed by atoms with Crippen LogP contribution < -0.4 is 4.74 Å². The number of hydrogen-bond acceptors (Lipinski definition) is 2. The van der Waals surface area contributed by atoms with Gasteiger partial charge in [-0.2, -0.15) is 0 Å². The number of benzene rings is 1. The Morgan fingerprint density at radius 3 is 2.60 bits per heavy atom. The summed E-state index contributed by atoms with van der Waals surface area (Å²) in [6, 6.07) is 8.06. The molecule has 0 aliphatic heterocycles. The van der Waals surface area contributed by atoms with E-state index in [-0.39, 0.29) is 5.92 Å². The van der Waals surface area contributed by atoms with Crippen LogP contribution in [0.3, 0.4) is 0 Å². The van der Waals surface area contributed by atoms with Gasteiger partial charge in [-0.3, -0.25) is 0 Å². The lowest BCUT2D eigenvalue weighted by Crippen LogP contribution is -2.01. The van der Waals surface area contributed by atoms with E-state index in [9.17, 15) is 4.79 Å². The van der Waals surface area contributed by atoms with Crippen LogP contribution in [0.25, 0.3) is 0 Å². The molecule has 0 saturated heterocycles. The van der Waals surface area contributed by atoms with Gasteiger partial charge in [-0.15, -0.1) is 0 Å². The van der Waals surface area contributed by atoms with Gasteiger partial charge in [0, 0.05) is 5.92 Å². The summed E-state index contributed by atoms with van der Waals surface area (Å²) in [5.41, 5.74) is 1.19. The lowest BCUT2D eigenvalue weighted by atomic mass is 10.0. The Labute approximate surface area is 90.3 Å². The highest BCUT2D eigenvalue weighted by Crippen LogP contribution is 2.26. The zero-order chi connectivity index (χ0) is 10.7. The van der Waals surface area contributed by atoms with Gasteiger partial charge in [0.2, 0.25) is 0 Å². The quantitative estimate of drug-likeness (QED) is 0.689. The van der Waals surface area contributed by atoms with Crippen LogP contribution in [0.5, 0.6) is 5.75 Å². The Kier molecular flexibility index (Phi) is 3.05. The van der Waals surface area contributed by atoms with Gasteiger partial charge < -0.3 is 9.53 Å². The summed E-state index contributed by atoms with van der Waals surface area (Å²) in [5.74, 6) is 1.04. The normalized spacial score (nSPS) is 17.1. The molecule has 1 aromatic rings. The molecule has 0 spiro atoms. The maximum Gasteiger partial charge on any atom is 0.123 e. The molecule has 0 heterocycles. The number of ether oxygens (including phenoxy) is 1. The first-order valence-corrected chi connectivity index (χ1v) is 5.49. The SMILES string of the molecule is CC(C=O)Cc1ccc(OC2CC2)cc1. The summed E-state index contributed by atoms with van der Waals surface area (Å²) in [7, 11) is 0. The number of hydrogen-bond donors (Lipinski definition) is 0. The number of carbonyl (C=O) groups is 1. The molecule has 2 rings (SSSR count). The van der Waals surface area contributed by atoms with Crippen LogP contribution in [0.1, 0.15) is 25.3 Å². The molecule has 0 amide bonds. The maximum absolute atomic E-state index is 10.5. The minimum Gasteiger partial charge on any atom is -0.490 e. The lowest BCUT2D eigenvalue weighted by molar-refractivity contribution is -0.110. The minimum absolute atomic E-state index is 0.0974. The Morgan fingerprint density at radius 2 is 2.07 bits per heavy atom. The fourth-order valence-electron chi connectivity index (χ4n) is 1.50. The third kappa shape index (κ3) is 3.08. The van der Waals surface area contributed by atoms with Gasteiger partial charge in [-0.25, -0.2) is 0 Å². The highest BCUT2D eigenvalue weighted by atomic mass is 16.5. The van der Waals surface area contributed by atoms with Crippen molar-refractivity contribution in [2.24, 2.45) is 5.92 Å². The van der Waals surface area contributed by atoms with Crippen molar-refractivity contribution in [3.8, 4) is 5.75 Å². The fraction of sp³-hybridized carbons (Fsp3) is 0.462. The minimum atomic E-state index is 0.0974. The molecular weight excluding hydrogens is 188 g/mol. The van der Waals surface area contributed by atoms with Crippen molar-refractivity contribution in [2.45, 2.75) is 32.3 Å². The van der Waals surface area contributed by atoms with Gasteiger partial charge in [0.25, 0.3) is 0 Å². The van der Waals surface area contributed by atoms with Crippen LogP contribution in [-0.4, -0.2) is 12.4 Å². The fourth-order valence-corrected chi connectivity index (χ4v) is 1.50. The van der Waals surface area contributed by atoms with Crippen molar-refractivity contribution in [1.82, 2.24) is 0 Å². The highest BCUT2D eigenvalue weighted by Gasteiger charge is 2.23. The van der Waals surface area contributed by atoms with Crippen molar-refractivity contribution in [2.75, 3.05) is 0 Å². The van der Waals surface area contributed by atoms with Gasteiger partial charge in [-0.05, 0) is 37.0 Å². The van der Waals surface area contributed by atoms with Gasteiger partial charge in [-0.1, -0.05) is 19.1 Å². The van der Waals surface area contributed by atoms with E-state index < -0.39 is 0 Å². The number of rotatable bonds is 5. The lowest BCUT2D eigenvalue weighted by Gasteiger charge is -2.06. The van der Waals surface area contributed by atoms with E-state index in [1.54, 1.807) is 0 Å². The summed E-state index contributed by atoms with van der Waals surface area (Å²) in [5, 5.41) is 0. The predicted molar refractivity (Wildman–Crippen MR) is 59.0 cm³/mol. The van der Waals surface area contributed by atoms with Crippen LogP contribution in [-0.2, 0) is 11.2 Å². The Bertz CT molecular complexity index is 325. The van der Waals surface area contributed by atoms with Gasteiger partial charge in [0.15, 0.2) is 0 Å². The van der Waals surface area contributed by atoms with E-state index in [0.29, 0.717) is 6.10 Å². The molecule has 2 heteroatoms. The molecule has 0 N–H and O–H groups in total. The Hall–Kier alpha value is -1.31. The van der Waals surface area contributed by atoms with E-state index >= 15 is 0 Å². The van der Waals surface area contributed by atoms with Crippen LogP contribution in [0.2, 0.25) is 0 Å². The molecule has 0 aromatic heterocycles. The third-order valence-corrected chi connectivity index (χ3v) is 2.54. The molecule has 1 aliphatic carbocycles. The average Bonchev–Trinajstić information content (AvgIpc) is 3.05. The zero-order valence-corrected chi connectivity index (χ0v) is 8.98. The summed E-state index contributed by atoms with van der Waals surface area (Å²) < 4.78 is 5.64. The van der Waals surface area contributed by atoms with E-state index in [4.69, 9.17) is 4.74 Å². The summed E-state index contributed by atoms with van der Waals surface area (Å²) in [6.07, 6.45) is 4.63. The number of aldehydes is 1. The monoisotopic (exact) mass is 204 g/mol. The average molecular weight is 204 g/mol. The molecule has 1 saturated carbocycles. The summed E-state index contributed by atoms with van der Waals surface area (Å²) >= 11 is 0. The molecule has 1 fully saturated rings. The highest BCUT2D eigenvalue weighted by molar-refractivity contribution is 5.53. The van der Waals surface area contributed by atoms with Gasteiger partial charge >= 0.3 is 0 Å². The first-order valence-electron chi connectivity index (χ1n) is 5.49. The van der Waals surface area contributed by atoms with Gasteiger partial charge in [0.1, 0.15) is 12.0 Å². The van der Waals surface area contributed by atoms with Crippen molar-refractivity contribution in [1.29, 1.82) is 0 Å². The summed E-state index contributed by atoms with van der Waals surface area (Å²) in [6.45, 7) is 1.93. The topological polar surface area (TPSA) is 26.3 Å². The molecule has 1 aliphatic rings. The largest absolute Gasteiger partial charge is 0.490 e. The van der Waals surface area contributed by atoms with E-state index in [1.807, 2.05) is 31.2 Å². The predicted octanol–water partition coefficient (Wildman–Crippen LogP) is 2.61. The molecular formula is C13H16O2. The van der Waals surface area contributed by atoms with E-state index in [1.165, 1.54) is 18.4 Å². The third-order valence-electron chi connectivity index (χ3n) is 2.54. The second-order valence-corrected chi connectivity index (χ2v) is 4.28. The van der Waals surface area contributed by atoms with Crippen molar-refractivity contribution in [3.63, 3.8) is 0 Å². The maximum atomic E-state index is 10.5. The first kappa shape index (κ1) is 10.2. The Morgan fingerprint density at radius 1 is 1.40 bits per heavy atom. The van der Waals surface area contributed by atoms with Crippen LogP contribution >= 0.6 is 0 Å². The molecule has 2 nitrogen and oxygen atoms in total. The first-order chi connectivity index (χ1) is 7.28. The Balaban J connectivity index is 1.93. The van der Waals surface area contributed by atoms with Crippen LogP contribution in [0.15, 0.2) is 24.3 Å². The molecule has 0 bridgehead atoms. The second kappa shape index (κ2) is 4.47. The molecule has 80 valence electrons. The molecule has 1 aromatic carbocycles. The molecule has 0 radical (unpaired) electrons. The van der Waals surface area contributed by atoms with E-state index in [2.05, 4.69) is 0 Å².